The van der Waals surface area contributed by atoms with E-state index >= 15 is 0 Å². The van der Waals surface area contributed by atoms with Crippen molar-refractivity contribution in [3.8, 4) is 17.2 Å². The third-order valence-corrected chi connectivity index (χ3v) is 3.29. The predicted octanol–water partition coefficient (Wildman–Crippen LogP) is -1.42. The van der Waals surface area contributed by atoms with Crippen LogP contribution in [0.25, 0.3) is 0 Å². The zero-order chi connectivity index (χ0) is 15.7. The highest BCUT2D eigenvalue weighted by atomic mass is 16.7. The van der Waals surface area contributed by atoms with Gasteiger partial charge in [0, 0.05) is 0 Å². The molecule has 21 heavy (non-hydrogen) atoms. The van der Waals surface area contributed by atoms with Crippen LogP contribution in [0.15, 0.2) is 12.1 Å². The van der Waals surface area contributed by atoms with E-state index in [1.54, 1.807) is 6.92 Å². The van der Waals surface area contributed by atoms with E-state index < -0.39 is 48.8 Å². The molecule has 0 bridgehead atoms. The molecule has 5 atom stereocenters. The fraction of sp³-hybridized carbons (Fsp3) is 0.538. The number of phenolic OH excluding ortho intramolecular Hbond substituents is 2. The van der Waals surface area contributed by atoms with Crippen LogP contribution in [0.5, 0.6) is 17.2 Å². The van der Waals surface area contributed by atoms with Crippen molar-refractivity contribution in [2.24, 2.45) is 0 Å². The van der Waals surface area contributed by atoms with Crippen LogP contribution in [0.4, 0.5) is 0 Å². The normalized spacial score (nSPS) is 32.9. The summed E-state index contributed by atoms with van der Waals surface area (Å²) in [7, 11) is 0. The molecule has 1 fully saturated rings. The van der Waals surface area contributed by atoms with E-state index in [9.17, 15) is 25.5 Å². The molecule has 0 saturated carbocycles. The lowest BCUT2D eigenvalue weighted by Gasteiger charge is -2.39. The number of hydrogen-bond acceptors (Lipinski definition) is 8. The fourth-order valence-corrected chi connectivity index (χ4v) is 2.11. The molecule has 8 heteroatoms. The molecule has 1 aliphatic heterocycles. The summed E-state index contributed by atoms with van der Waals surface area (Å²) in [6, 6.07) is 2.71. The first-order valence-electron chi connectivity index (χ1n) is 6.35. The monoisotopic (exact) mass is 302 g/mol. The van der Waals surface area contributed by atoms with Gasteiger partial charge in [0.1, 0.15) is 24.4 Å². The summed E-state index contributed by atoms with van der Waals surface area (Å²) in [4.78, 5) is 0. The summed E-state index contributed by atoms with van der Waals surface area (Å²) in [6.07, 6.45) is -7.21. The summed E-state index contributed by atoms with van der Waals surface area (Å²) < 4.78 is 10.4. The van der Waals surface area contributed by atoms with Gasteiger partial charge in [0.2, 0.25) is 12.0 Å². The topological polar surface area (TPSA) is 140 Å². The largest absolute Gasteiger partial charge is 0.504 e. The van der Waals surface area contributed by atoms with Crippen molar-refractivity contribution in [2.45, 2.75) is 37.6 Å². The Balaban J connectivity index is 2.22. The SMILES string of the molecule is Cc1cc(O)c(O)c(OC2OC(CO)C(O)C(O)C2O)c1. The van der Waals surface area contributed by atoms with Crippen molar-refractivity contribution in [3.63, 3.8) is 0 Å². The summed E-state index contributed by atoms with van der Waals surface area (Å²) in [6.45, 7) is 1.06. The van der Waals surface area contributed by atoms with Crippen LogP contribution in [0, 0.1) is 6.92 Å². The third-order valence-electron chi connectivity index (χ3n) is 3.29. The zero-order valence-electron chi connectivity index (χ0n) is 11.2. The Morgan fingerprint density at radius 1 is 1.10 bits per heavy atom. The number of phenols is 2. The van der Waals surface area contributed by atoms with Gasteiger partial charge in [-0.3, -0.25) is 0 Å². The molecule has 6 N–H and O–H groups in total. The minimum atomic E-state index is -1.59. The molecule has 0 aliphatic carbocycles. The average molecular weight is 302 g/mol. The summed E-state index contributed by atoms with van der Waals surface area (Å²) in [5.74, 6) is -1.11. The molecule has 0 spiro atoms. The Morgan fingerprint density at radius 3 is 2.38 bits per heavy atom. The predicted molar refractivity (Wildman–Crippen MR) is 68.9 cm³/mol. The van der Waals surface area contributed by atoms with Crippen LogP contribution < -0.4 is 4.74 Å². The van der Waals surface area contributed by atoms with Crippen LogP contribution in [0.2, 0.25) is 0 Å². The number of hydrogen-bond donors (Lipinski definition) is 6. The van der Waals surface area contributed by atoms with E-state index in [2.05, 4.69) is 0 Å². The number of aliphatic hydroxyl groups excluding tert-OH is 4. The Hall–Kier alpha value is -1.58. The Bertz CT molecular complexity index is 503. The highest BCUT2D eigenvalue weighted by Crippen LogP contribution is 2.38. The van der Waals surface area contributed by atoms with Gasteiger partial charge in [-0.2, -0.15) is 0 Å². The lowest BCUT2D eigenvalue weighted by atomic mass is 9.99. The molecule has 8 nitrogen and oxygen atoms in total. The van der Waals surface area contributed by atoms with Gasteiger partial charge >= 0.3 is 0 Å². The standard InChI is InChI=1S/C13H18O8/c1-5-2-6(15)9(16)7(3-5)20-13-12(19)11(18)10(17)8(4-14)21-13/h2-3,8,10-19H,4H2,1H3. The third kappa shape index (κ3) is 3.04. The Labute approximate surface area is 120 Å². The molecule has 5 unspecified atom stereocenters. The summed E-state index contributed by atoms with van der Waals surface area (Å²) in [5, 5.41) is 57.4. The fourth-order valence-electron chi connectivity index (χ4n) is 2.11. The van der Waals surface area contributed by atoms with Gasteiger partial charge in [-0.25, -0.2) is 0 Å². The van der Waals surface area contributed by atoms with E-state index in [1.807, 2.05) is 0 Å². The number of rotatable bonds is 3. The molecule has 1 saturated heterocycles. The maximum Gasteiger partial charge on any atom is 0.229 e. The maximum absolute atomic E-state index is 9.83. The van der Waals surface area contributed by atoms with Gasteiger partial charge in [0.25, 0.3) is 0 Å². The van der Waals surface area contributed by atoms with Gasteiger partial charge in [0.05, 0.1) is 6.61 Å². The van der Waals surface area contributed by atoms with Gasteiger partial charge in [-0.1, -0.05) is 0 Å². The van der Waals surface area contributed by atoms with E-state index in [4.69, 9.17) is 14.6 Å². The van der Waals surface area contributed by atoms with Crippen molar-refractivity contribution >= 4 is 0 Å². The first-order valence-corrected chi connectivity index (χ1v) is 6.35. The maximum atomic E-state index is 9.83. The smallest absolute Gasteiger partial charge is 0.229 e. The van der Waals surface area contributed by atoms with Gasteiger partial charge < -0.3 is 40.1 Å². The van der Waals surface area contributed by atoms with Gasteiger partial charge in [0.15, 0.2) is 11.5 Å². The van der Waals surface area contributed by atoms with Crippen LogP contribution in [-0.4, -0.2) is 68.0 Å². The van der Waals surface area contributed by atoms with E-state index in [0.29, 0.717) is 5.56 Å². The van der Waals surface area contributed by atoms with Crippen LogP contribution in [0.3, 0.4) is 0 Å². The second-order valence-electron chi connectivity index (χ2n) is 4.95. The first kappa shape index (κ1) is 15.8. The Kier molecular flexibility index (Phi) is 4.55. The zero-order valence-corrected chi connectivity index (χ0v) is 11.2. The van der Waals surface area contributed by atoms with E-state index in [0.717, 1.165) is 0 Å². The number of aryl methyl sites for hydroxylation is 1. The highest BCUT2D eigenvalue weighted by molar-refractivity contribution is 5.51. The molecule has 1 aromatic carbocycles. The number of ether oxygens (including phenoxy) is 2. The summed E-state index contributed by atoms with van der Waals surface area (Å²) >= 11 is 0. The molecule has 1 heterocycles. The molecular formula is C13H18O8. The van der Waals surface area contributed by atoms with Crippen LogP contribution >= 0.6 is 0 Å². The average Bonchev–Trinajstić information content (AvgIpc) is 2.44. The second-order valence-corrected chi connectivity index (χ2v) is 4.95. The lowest BCUT2D eigenvalue weighted by Crippen LogP contribution is -2.60. The molecule has 0 radical (unpaired) electrons. The second kappa shape index (κ2) is 6.04. The minimum Gasteiger partial charge on any atom is -0.504 e. The molecular weight excluding hydrogens is 284 g/mol. The van der Waals surface area contributed by atoms with Crippen molar-refractivity contribution in [2.75, 3.05) is 6.61 Å². The summed E-state index contributed by atoms with van der Waals surface area (Å²) in [5.41, 5.74) is 0.588. The van der Waals surface area contributed by atoms with Crippen LogP contribution in [-0.2, 0) is 4.74 Å². The van der Waals surface area contributed by atoms with Crippen molar-refractivity contribution in [1.29, 1.82) is 0 Å². The van der Waals surface area contributed by atoms with E-state index in [1.165, 1.54) is 12.1 Å². The minimum absolute atomic E-state index is 0.156. The molecule has 0 aromatic heterocycles. The number of aliphatic hydroxyl groups is 4. The number of benzene rings is 1. The van der Waals surface area contributed by atoms with Crippen molar-refractivity contribution in [1.82, 2.24) is 0 Å². The molecule has 0 amide bonds. The van der Waals surface area contributed by atoms with Gasteiger partial charge in [-0.05, 0) is 24.6 Å². The first-order chi connectivity index (χ1) is 9.85. The molecule has 118 valence electrons. The molecule has 1 aliphatic rings. The van der Waals surface area contributed by atoms with Crippen molar-refractivity contribution < 1.29 is 40.1 Å². The van der Waals surface area contributed by atoms with E-state index in [-0.39, 0.29) is 5.75 Å². The molecule has 2 rings (SSSR count). The Morgan fingerprint density at radius 2 is 1.76 bits per heavy atom. The highest BCUT2D eigenvalue weighted by Gasteiger charge is 2.45. The molecule has 1 aromatic rings. The number of aromatic hydroxyl groups is 2. The van der Waals surface area contributed by atoms with Gasteiger partial charge in [-0.15, -0.1) is 0 Å². The lowest BCUT2D eigenvalue weighted by molar-refractivity contribution is -0.277. The quantitative estimate of drug-likeness (QED) is 0.374. The van der Waals surface area contributed by atoms with Crippen molar-refractivity contribution in [3.05, 3.63) is 17.7 Å². The van der Waals surface area contributed by atoms with Crippen LogP contribution in [0.1, 0.15) is 5.56 Å².